The minimum absolute atomic E-state index is 0.213. The Kier molecular flexibility index (Phi) is 9.77. The number of anilines is 1. The van der Waals surface area contributed by atoms with Gasteiger partial charge in [0, 0.05) is 19.2 Å². The third kappa shape index (κ3) is 6.46. The molecule has 25 heavy (non-hydrogen) atoms. The van der Waals surface area contributed by atoms with E-state index in [0.717, 1.165) is 37.8 Å². The molecule has 0 aliphatic carbocycles. The van der Waals surface area contributed by atoms with Crippen molar-refractivity contribution in [2.45, 2.75) is 51.5 Å². The van der Waals surface area contributed by atoms with Gasteiger partial charge in [-0.05, 0) is 56.0 Å². The zero-order chi connectivity index (χ0) is 18.7. The molecule has 1 aromatic rings. The van der Waals surface area contributed by atoms with Crippen molar-refractivity contribution in [1.29, 1.82) is 0 Å². The predicted molar refractivity (Wildman–Crippen MR) is 99.4 cm³/mol. The van der Waals surface area contributed by atoms with Gasteiger partial charge in [-0.2, -0.15) is 0 Å². The molecular formula is C19H30FN3O2. The smallest absolute Gasteiger partial charge is 0.242 e. The summed E-state index contributed by atoms with van der Waals surface area (Å²) in [5.41, 5.74) is 1.29. The number of aldehydes is 1. The summed E-state index contributed by atoms with van der Waals surface area (Å²) in [4.78, 5) is 22.4. The Morgan fingerprint density at radius 3 is 2.60 bits per heavy atom. The third-order valence-electron chi connectivity index (χ3n) is 4.26. The summed E-state index contributed by atoms with van der Waals surface area (Å²) in [6.45, 7) is 5.82. The Morgan fingerprint density at radius 2 is 2.04 bits per heavy atom. The number of amides is 1. The maximum Gasteiger partial charge on any atom is 0.242 e. The van der Waals surface area contributed by atoms with Crippen molar-refractivity contribution in [2.24, 2.45) is 0 Å². The lowest BCUT2D eigenvalue weighted by atomic mass is 9.90. The van der Waals surface area contributed by atoms with Crippen LogP contribution >= 0.6 is 0 Å². The summed E-state index contributed by atoms with van der Waals surface area (Å²) in [7, 11) is 1.54. The Morgan fingerprint density at radius 1 is 1.36 bits per heavy atom. The summed E-state index contributed by atoms with van der Waals surface area (Å²) in [5.74, 6) is -0.210. The Bertz CT molecular complexity index is 545. The van der Waals surface area contributed by atoms with Gasteiger partial charge in [-0.3, -0.25) is 4.79 Å². The highest BCUT2D eigenvalue weighted by atomic mass is 19.1. The van der Waals surface area contributed by atoms with Crippen LogP contribution in [0.4, 0.5) is 10.1 Å². The molecule has 1 aromatic carbocycles. The maximum absolute atomic E-state index is 14.4. The Labute approximate surface area is 149 Å². The molecule has 1 unspecified atom stereocenters. The van der Waals surface area contributed by atoms with Gasteiger partial charge in [0.1, 0.15) is 18.1 Å². The highest BCUT2D eigenvalue weighted by Gasteiger charge is 2.20. The second kappa shape index (κ2) is 11.6. The fraction of sp³-hybridized carbons (Fsp3) is 0.579. The van der Waals surface area contributed by atoms with Crippen LogP contribution in [0.3, 0.4) is 0 Å². The van der Waals surface area contributed by atoms with E-state index in [4.69, 9.17) is 0 Å². The number of carbonyl (C=O) groups excluding carboxylic acids is 2. The van der Waals surface area contributed by atoms with Gasteiger partial charge in [-0.15, -0.1) is 0 Å². The maximum atomic E-state index is 14.4. The number of likely N-dealkylation sites (N-methyl/N-ethyl adjacent to an activating group) is 1. The quantitative estimate of drug-likeness (QED) is 0.661. The van der Waals surface area contributed by atoms with Gasteiger partial charge >= 0.3 is 0 Å². The molecule has 1 saturated heterocycles. The monoisotopic (exact) mass is 351 g/mol. The average Bonchev–Trinajstić information content (AvgIpc) is 2.67. The predicted octanol–water partition coefficient (Wildman–Crippen LogP) is 2.82. The Balaban J connectivity index is 0.00000151. The van der Waals surface area contributed by atoms with Gasteiger partial charge < -0.3 is 20.7 Å². The van der Waals surface area contributed by atoms with E-state index >= 15 is 0 Å². The van der Waals surface area contributed by atoms with Crippen LogP contribution in [0, 0.1) is 5.82 Å². The molecule has 140 valence electrons. The van der Waals surface area contributed by atoms with Crippen molar-refractivity contribution < 1.29 is 14.0 Å². The highest BCUT2D eigenvalue weighted by molar-refractivity contribution is 5.84. The first-order valence-electron chi connectivity index (χ1n) is 9.07. The minimum Gasteiger partial charge on any atom is -0.374 e. The van der Waals surface area contributed by atoms with E-state index in [-0.39, 0.29) is 24.1 Å². The summed E-state index contributed by atoms with van der Waals surface area (Å²) >= 11 is 0. The average molecular weight is 351 g/mol. The summed E-state index contributed by atoms with van der Waals surface area (Å²) in [6.07, 6.45) is 3.30. The van der Waals surface area contributed by atoms with E-state index < -0.39 is 6.04 Å². The molecule has 0 saturated carbocycles. The summed E-state index contributed by atoms with van der Waals surface area (Å²) in [5, 5.41) is 8.84. The zero-order valence-corrected chi connectivity index (χ0v) is 15.4. The SMILES string of the molecule is CC.CNC(=O)C(CCC=O)Nc1ccc(C2CCNCC2)c(F)c1. The van der Waals surface area contributed by atoms with Crippen LogP contribution in [-0.4, -0.2) is 38.4 Å². The van der Waals surface area contributed by atoms with Crippen molar-refractivity contribution in [3.63, 3.8) is 0 Å². The molecule has 1 atom stereocenters. The standard InChI is InChI=1S/C17H24FN3O2.C2H6/c1-19-17(23)16(3-2-10-22)21-13-4-5-14(15(18)11-13)12-6-8-20-9-7-12;1-2/h4-5,10-12,16,20-21H,2-3,6-9H2,1H3,(H,19,23);1-2H3. The fourth-order valence-corrected chi connectivity index (χ4v) is 2.96. The number of halogens is 1. The molecule has 1 amide bonds. The van der Waals surface area contributed by atoms with E-state index in [2.05, 4.69) is 16.0 Å². The first-order chi connectivity index (χ1) is 12.2. The first-order valence-corrected chi connectivity index (χ1v) is 9.07. The molecular weight excluding hydrogens is 321 g/mol. The van der Waals surface area contributed by atoms with E-state index in [1.807, 2.05) is 13.8 Å². The van der Waals surface area contributed by atoms with Crippen LogP contribution in [0.1, 0.15) is 51.0 Å². The summed E-state index contributed by atoms with van der Waals surface area (Å²) in [6, 6.07) is 4.49. The van der Waals surface area contributed by atoms with Gasteiger partial charge in [0.05, 0.1) is 0 Å². The van der Waals surface area contributed by atoms with Crippen molar-refractivity contribution in [3.8, 4) is 0 Å². The fourth-order valence-electron chi connectivity index (χ4n) is 2.96. The molecule has 0 bridgehead atoms. The molecule has 3 N–H and O–H groups in total. The largest absolute Gasteiger partial charge is 0.374 e. The van der Waals surface area contributed by atoms with Gasteiger partial charge in [-0.25, -0.2) is 4.39 Å². The number of carbonyl (C=O) groups is 2. The third-order valence-corrected chi connectivity index (χ3v) is 4.26. The molecule has 0 radical (unpaired) electrons. The topological polar surface area (TPSA) is 70.2 Å². The van der Waals surface area contributed by atoms with Crippen LogP contribution < -0.4 is 16.0 Å². The Hall–Kier alpha value is -1.95. The lowest BCUT2D eigenvalue weighted by Crippen LogP contribution is -2.37. The second-order valence-corrected chi connectivity index (χ2v) is 5.82. The minimum atomic E-state index is -0.547. The number of rotatable bonds is 7. The second-order valence-electron chi connectivity index (χ2n) is 5.82. The lowest BCUT2D eigenvalue weighted by Gasteiger charge is -2.24. The van der Waals surface area contributed by atoms with Gasteiger partial charge in [0.2, 0.25) is 5.91 Å². The molecule has 5 nitrogen and oxygen atoms in total. The van der Waals surface area contributed by atoms with Crippen LogP contribution in [0.25, 0.3) is 0 Å². The molecule has 1 aliphatic rings. The van der Waals surface area contributed by atoms with Crippen LogP contribution in [0.15, 0.2) is 18.2 Å². The van der Waals surface area contributed by atoms with E-state index in [0.29, 0.717) is 12.1 Å². The van der Waals surface area contributed by atoms with Crippen LogP contribution in [0.2, 0.25) is 0 Å². The number of piperidine rings is 1. The van der Waals surface area contributed by atoms with Crippen LogP contribution in [0.5, 0.6) is 0 Å². The lowest BCUT2D eigenvalue weighted by molar-refractivity contribution is -0.121. The number of benzene rings is 1. The molecule has 2 rings (SSSR count). The van der Waals surface area contributed by atoms with E-state index in [9.17, 15) is 14.0 Å². The summed E-state index contributed by atoms with van der Waals surface area (Å²) < 4.78 is 14.4. The van der Waals surface area contributed by atoms with E-state index in [1.165, 1.54) is 6.07 Å². The first kappa shape index (κ1) is 21.1. The van der Waals surface area contributed by atoms with Gasteiger partial charge in [-0.1, -0.05) is 19.9 Å². The van der Waals surface area contributed by atoms with Gasteiger partial charge in [0.15, 0.2) is 0 Å². The van der Waals surface area contributed by atoms with Crippen molar-refractivity contribution in [1.82, 2.24) is 10.6 Å². The van der Waals surface area contributed by atoms with Crippen molar-refractivity contribution in [3.05, 3.63) is 29.6 Å². The van der Waals surface area contributed by atoms with Crippen molar-refractivity contribution in [2.75, 3.05) is 25.5 Å². The van der Waals surface area contributed by atoms with Gasteiger partial charge in [0.25, 0.3) is 0 Å². The molecule has 6 heteroatoms. The zero-order valence-electron chi connectivity index (χ0n) is 15.4. The van der Waals surface area contributed by atoms with Crippen LogP contribution in [-0.2, 0) is 9.59 Å². The molecule has 0 spiro atoms. The number of nitrogens with one attached hydrogen (secondary N) is 3. The molecule has 0 aromatic heterocycles. The number of hydrogen-bond acceptors (Lipinski definition) is 4. The molecule has 1 fully saturated rings. The highest BCUT2D eigenvalue weighted by Crippen LogP contribution is 2.29. The molecule has 1 heterocycles. The van der Waals surface area contributed by atoms with Crippen molar-refractivity contribution >= 4 is 17.9 Å². The van der Waals surface area contributed by atoms with E-state index in [1.54, 1.807) is 19.2 Å². The molecule has 1 aliphatic heterocycles. The number of hydrogen-bond donors (Lipinski definition) is 3. The normalized spacial score (nSPS) is 15.5.